The molecule has 0 spiro atoms. The number of benzene rings is 1. The van der Waals surface area contributed by atoms with E-state index in [4.69, 9.17) is 4.74 Å². The summed E-state index contributed by atoms with van der Waals surface area (Å²) in [6, 6.07) is 3.60. The van der Waals surface area contributed by atoms with Gasteiger partial charge in [0.15, 0.2) is 0 Å². The normalized spacial score (nSPS) is 18.2. The second-order valence-electron chi connectivity index (χ2n) is 5.75. The summed E-state index contributed by atoms with van der Waals surface area (Å²) in [4.78, 5) is 12.0. The van der Waals surface area contributed by atoms with Gasteiger partial charge < -0.3 is 10.1 Å². The first-order valence-corrected chi connectivity index (χ1v) is 9.45. The molecule has 140 valence electrons. The van der Waals surface area contributed by atoms with Gasteiger partial charge in [-0.3, -0.25) is 9.10 Å². The molecule has 1 fully saturated rings. The van der Waals surface area contributed by atoms with Crippen molar-refractivity contribution in [2.24, 2.45) is 0 Å². The molecular weight excluding hydrogens is 361 g/mol. The van der Waals surface area contributed by atoms with E-state index in [1.807, 2.05) is 0 Å². The summed E-state index contributed by atoms with van der Waals surface area (Å²) < 4.78 is 67.7. The van der Waals surface area contributed by atoms with Crippen LogP contribution < -0.4 is 9.62 Å². The van der Waals surface area contributed by atoms with Gasteiger partial charge in [0.05, 0.1) is 23.6 Å². The number of rotatable bonds is 6. The standard InChI is InChI=1S/C15H19F3N2O4S/c1-25(22,23)20(10-14(21)19-9-13-3-2-8-24-13)12-6-4-11(5-7-12)15(16,17)18/h4-7,13H,2-3,8-10H2,1H3,(H,19,21). The van der Waals surface area contributed by atoms with E-state index in [2.05, 4.69) is 5.32 Å². The van der Waals surface area contributed by atoms with Crippen LogP contribution in [0.1, 0.15) is 18.4 Å². The Balaban J connectivity index is 2.07. The van der Waals surface area contributed by atoms with Gasteiger partial charge >= 0.3 is 6.18 Å². The lowest BCUT2D eigenvalue weighted by Gasteiger charge is -2.22. The summed E-state index contributed by atoms with van der Waals surface area (Å²) in [5.74, 6) is -0.555. The van der Waals surface area contributed by atoms with E-state index in [1.54, 1.807) is 0 Å². The molecule has 0 saturated carbocycles. The summed E-state index contributed by atoms with van der Waals surface area (Å²) in [6.45, 7) is 0.377. The van der Waals surface area contributed by atoms with Crippen LogP contribution in [0.25, 0.3) is 0 Å². The molecule has 1 heterocycles. The number of halogens is 3. The average Bonchev–Trinajstić information content (AvgIpc) is 3.02. The van der Waals surface area contributed by atoms with Gasteiger partial charge in [0, 0.05) is 13.2 Å². The molecule has 25 heavy (non-hydrogen) atoms. The van der Waals surface area contributed by atoms with Crippen LogP contribution in [0.3, 0.4) is 0 Å². The van der Waals surface area contributed by atoms with Crippen molar-refractivity contribution in [3.8, 4) is 0 Å². The molecule has 6 nitrogen and oxygen atoms in total. The summed E-state index contributed by atoms with van der Waals surface area (Å²) >= 11 is 0. The molecule has 1 saturated heterocycles. The largest absolute Gasteiger partial charge is 0.416 e. The Labute approximate surface area is 144 Å². The highest BCUT2D eigenvalue weighted by Gasteiger charge is 2.31. The first-order chi connectivity index (χ1) is 11.6. The fourth-order valence-electron chi connectivity index (χ4n) is 2.44. The molecule has 1 aromatic rings. The highest BCUT2D eigenvalue weighted by molar-refractivity contribution is 7.92. The lowest BCUT2D eigenvalue weighted by molar-refractivity contribution is -0.137. The monoisotopic (exact) mass is 380 g/mol. The highest BCUT2D eigenvalue weighted by atomic mass is 32.2. The minimum absolute atomic E-state index is 0.0113. The molecule has 0 radical (unpaired) electrons. The third-order valence-corrected chi connectivity index (χ3v) is 4.86. The molecular formula is C15H19F3N2O4S. The number of ether oxygens (including phenoxy) is 1. The molecule has 1 amide bonds. The maximum atomic E-state index is 12.6. The van der Waals surface area contributed by atoms with Gasteiger partial charge in [-0.05, 0) is 37.1 Å². The van der Waals surface area contributed by atoms with Crippen LogP contribution in [0.15, 0.2) is 24.3 Å². The van der Waals surface area contributed by atoms with Gasteiger partial charge in [-0.1, -0.05) is 0 Å². The van der Waals surface area contributed by atoms with Crippen LogP contribution in [0.5, 0.6) is 0 Å². The van der Waals surface area contributed by atoms with Crippen molar-refractivity contribution in [1.29, 1.82) is 0 Å². The van der Waals surface area contributed by atoms with Crippen molar-refractivity contribution in [3.63, 3.8) is 0 Å². The molecule has 1 aliphatic rings. The maximum absolute atomic E-state index is 12.6. The van der Waals surface area contributed by atoms with Crippen molar-refractivity contribution in [1.82, 2.24) is 5.32 Å². The van der Waals surface area contributed by atoms with Gasteiger partial charge in [0.1, 0.15) is 6.54 Å². The third-order valence-electron chi connectivity index (χ3n) is 3.72. The van der Waals surface area contributed by atoms with Crippen LogP contribution >= 0.6 is 0 Å². The fraction of sp³-hybridized carbons (Fsp3) is 0.533. The first-order valence-electron chi connectivity index (χ1n) is 7.60. The van der Waals surface area contributed by atoms with Gasteiger partial charge in [-0.2, -0.15) is 13.2 Å². The minimum Gasteiger partial charge on any atom is -0.376 e. The minimum atomic E-state index is -4.52. The predicted octanol–water partition coefficient (Wildman–Crippen LogP) is 1.77. The van der Waals surface area contributed by atoms with Gasteiger partial charge in [-0.25, -0.2) is 8.42 Å². The number of hydrogen-bond acceptors (Lipinski definition) is 4. The molecule has 0 aromatic heterocycles. The van der Waals surface area contributed by atoms with Crippen LogP contribution in [0.2, 0.25) is 0 Å². The first kappa shape index (κ1) is 19.5. The Hall–Kier alpha value is -1.81. The quantitative estimate of drug-likeness (QED) is 0.816. The van der Waals surface area contributed by atoms with E-state index >= 15 is 0 Å². The van der Waals surface area contributed by atoms with Crippen LogP contribution in [-0.4, -0.2) is 46.4 Å². The zero-order valence-corrected chi connectivity index (χ0v) is 14.4. The SMILES string of the molecule is CS(=O)(=O)N(CC(=O)NCC1CCCO1)c1ccc(C(F)(F)F)cc1. The Morgan fingerprint density at radius 2 is 1.96 bits per heavy atom. The molecule has 2 rings (SSSR count). The van der Waals surface area contributed by atoms with Crippen molar-refractivity contribution >= 4 is 21.6 Å². The van der Waals surface area contributed by atoms with Crippen LogP contribution in [0.4, 0.5) is 18.9 Å². The number of sulfonamides is 1. The number of nitrogens with one attached hydrogen (secondary N) is 1. The van der Waals surface area contributed by atoms with Crippen molar-refractivity contribution < 1.29 is 31.1 Å². The fourth-order valence-corrected chi connectivity index (χ4v) is 3.29. The van der Waals surface area contributed by atoms with E-state index in [1.165, 1.54) is 0 Å². The average molecular weight is 380 g/mol. The number of carbonyl (C=O) groups excluding carboxylic acids is 1. The number of nitrogens with zero attached hydrogens (tertiary/aromatic N) is 1. The smallest absolute Gasteiger partial charge is 0.376 e. The van der Waals surface area contributed by atoms with Crippen LogP contribution in [0, 0.1) is 0 Å². The number of hydrogen-bond donors (Lipinski definition) is 1. The summed E-state index contributed by atoms with van der Waals surface area (Å²) in [7, 11) is -3.84. The van der Waals surface area contributed by atoms with E-state index in [-0.39, 0.29) is 18.3 Å². The zero-order chi connectivity index (χ0) is 18.7. The van der Waals surface area contributed by atoms with E-state index in [9.17, 15) is 26.4 Å². The predicted molar refractivity (Wildman–Crippen MR) is 85.6 cm³/mol. The second kappa shape index (κ2) is 7.61. The summed E-state index contributed by atoms with van der Waals surface area (Å²) in [5.41, 5.74) is -0.907. The molecule has 1 aliphatic heterocycles. The van der Waals surface area contributed by atoms with Gasteiger partial charge in [0.25, 0.3) is 0 Å². The van der Waals surface area contributed by atoms with Crippen molar-refractivity contribution in [2.75, 3.05) is 30.3 Å². The Morgan fingerprint density at radius 1 is 1.32 bits per heavy atom. The van der Waals surface area contributed by atoms with E-state index in [0.717, 1.165) is 47.7 Å². The van der Waals surface area contributed by atoms with Gasteiger partial charge in [0.2, 0.25) is 15.9 Å². The topological polar surface area (TPSA) is 75.7 Å². The van der Waals surface area contributed by atoms with Crippen LogP contribution in [-0.2, 0) is 25.7 Å². The molecule has 1 aromatic carbocycles. The second-order valence-corrected chi connectivity index (χ2v) is 7.66. The molecule has 10 heteroatoms. The Bertz CT molecular complexity index is 698. The Morgan fingerprint density at radius 3 is 2.44 bits per heavy atom. The molecule has 0 aliphatic carbocycles. The number of alkyl halides is 3. The molecule has 1 N–H and O–H groups in total. The maximum Gasteiger partial charge on any atom is 0.416 e. The zero-order valence-electron chi connectivity index (χ0n) is 13.5. The lowest BCUT2D eigenvalue weighted by atomic mass is 10.2. The number of carbonyl (C=O) groups is 1. The lowest BCUT2D eigenvalue weighted by Crippen LogP contribution is -2.42. The van der Waals surface area contributed by atoms with E-state index in [0.29, 0.717) is 6.61 Å². The van der Waals surface area contributed by atoms with Crippen molar-refractivity contribution in [2.45, 2.75) is 25.1 Å². The Kier molecular flexibility index (Phi) is 5.94. The summed E-state index contributed by atoms with van der Waals surface area (Å²) in [6.07, 6.45) is -2.01. The number of anilines is 1. The number of amides is 1. The summed E-state index contributed by atoms with van der Waals surface area (Å²) in [5, 5.41) is 2.58. The van der Waals surface area contributed by atoms with E-state index < -0.39 is 34.2 Å². The van der Waals surface area contributed by atoms with Crippen molar-refractivity contribution in [3.05, 3.63) is 29.8 Å². The molecule has 1 unspecified atom stereocenters. The van der Waals surface area contributed by atoms with Gasteiger partial charge in [-0.15, -0.1) is 0 Å². The molecule has 0 bridgehead atoms. The molecule has 1 atom stereocenters. The third kappa shape index (κ3) is 5.60. The highest BCUT2D eigenvalue weighted by Crippen LogP contribution is 2.30.